The molecule has 2 heterocycles. The van der Waals surface area contributed by atoms with Crippen LogP contribution in [0.3, 0.4) is 0 Å². The molecule has 4 rings (SSSR count). The molecule has 1 aliphatic rings. The summed E-state index contributed by atoms with van der Waals surface area (Å²) in [6, 6.07) is 12.5. The minimum Gasteiger partial charge on any atom is -0.496 e. The molecular formula is C24H20Br2N2O4S. The van der Waals surface area contributed by atoms with Gasteiger partial charge in [-0.3, -0.25) is 9.36 Å². The first kappa shape index (κ1) is 23.7. The summed E-state index contributed by atoms with van der Waals surface area (Å²) in [7, 11) is 1.58. The third kappa shape index (κ3) is 4.62. The lowest BCUT2D eigenvalue weighted by molar-refractivity contribution is -0.139. The molecule has 0 bridgehead atoms. The number of ether oxygens (including phenoxy) is 2. The van der Waals surface area contributed by atoms with E-state index in [0.717, 1.165) is 20.1 Å². The molecular weight excluding hydrogens is 572 g/mol. The van der Waals surface area contributed by atoms with Gasteiger partial charge in [-0.25, -0.2) is 9.79 Å². The fourth-order valence-corrected chi connectivity index (χ4v) is 5.54. The molecule has 1 atom stereocenters. The minimum absolute atomic E-state index is 0.215. The number of thiazole rings is 1. The molecule has 0 saturated carbocycles. The van der Waals surface area contributed by atoms with Gasteiger partial charge in [-0.2, -0.15) is 0 Å². The number of allylic oxidation sites excluding steroid dienone is 1. The fraction of sp³-hybridized carbons (Fsp3) is 0.208. The summed E-state index contributed by atoms with van der Waals surface area (Å²) in [5.74, 6) is 0.165. The smallest absolute Gasteiger partial charge is 0.338 e. The lowest BCUT2D eigenvalue weighted by Gasteiger charge is -2.25. The second-order valence-corrected chi connectivity index (χ2v) is 10.0. The average Bonchev–Trinajstić information content (AvgIpc) is 3.09. The molecule has 33 heavy (non-hydrogen) atoms. The Morgan fingerprint density at radius 3 is 2.58 bits per heavy atom. The number of rotatable bonds is 5. The van der Waals surface area contributed by atoms with Crippen molar-refractivity contribution in [1.29, 1.82) is 0 Å². The number of hydrogen-bond donors (Lipinski definition) is 0. The molecule has 3 aromatic rings. The lowest BCUT2D eigenvalue weighted by Crippen LogP contribution is -2.39. The standard InChI is InChI=1S/C24H20Br2N2O4S/c1-4-32-23(30)20-13(2)27-24-28(21(20)15-7-10-18(31-3)17(26)12-15)22(29)19(33-24)11-14-5-8-16(25)9-6-14/h5-12,21H,4H2,1-3H3/b19-11+/t21-/m0/s1. The molecule has 1 aromatic heterocycles. The van der Waals surface area contributed by atoms with Gasteiger partial charge in [0.05, 0.1) is 40.0 Å². The van der Waals surface area contributed by atoms with Crippen LogP contribution >= 0.6 is 43.2 Å². The number of esters is 1. The molecule has 0 N–H and O–H groups in total. The molecule has 6 nitrogen and oxygen atoms in total. The van der Waals surface area contributed by atoms with E-state index in [4.69, 9.17) is 9.47 Å². The summed E-state index contributed by atoms with van der Waals surface area (Å²) in [5.41, 5.74) is 2.30. The normalized spacial score (nSPS) is 15.8. The maximum Gasteiger partial charge on any atom is 0.338 e. The highest BCUT2D eigenvalue weighted by molar-refractivity contribution is 9.10. The highest BCUT2D eigenvalue weighted by atomic mass is 79.9. The van der Waals surface area contributed by atoms with E-state index in [1.54, 1.807) is 31.6 Å². The molecule has 0 amide bonds. The Balaban J connectivity index is 1.96. The van der Waals surface area contributed by atoms with Gasteiger partial charge in [0.15, 0.2) is 4.80 Å². The molecule has 2 aromatic carbocycles. The van der Waals surface area contributed by atoms with Crippen LogP contribution in [0.1, 0.15) is 31.0 Å². The summed E-state index contributed by atoms with van der Waals surface area (Å²) in [6.45, 7) is 3.74. The third-order valence-corrected chi connectivity index (χ3v) is 7.31. The Morgan fingerprint density at radius 2 is 1.94 bits per heavy atom. The number of nitrogens with zero attached hydrogens (tertiary/aromatic N) is 2. The first-order valence-corrected chi connectivity index (χ1v) is 12.5. The molecule has 9 heteroatoms. The zero-order valence-electron chi connectivity index (χ0n) is 18.1. The maximum atomic E-state index is 13.6. The van der Waals surface area contributed by atoms with E-state index in [0.29, 0.717) is 26.4 Å². The van der Waals surface area contributed by atoms with Crippen LogP contribution in [0.2, 0.25) is 0 Å². The van der Waals surface area contributed by atoms with Crippen molar-refractivity contribution in [2.75, 3.05) is 13.7 Å². The zero-order valence-corrected chi connectivity index (χ0v) is 22.1. The van der Waals surface area contributed by atoms with Crippen LogP contribution in [0.25, 0.3) is 6.08 Å². The predicted octanol–water partition coefficient (Wildman–Crippen LogP) is 4.33. The van der Waals surface area contributed by atoms with Crippen LogP contribution < -0.4 is 19.6 Å². The molecule has 0 radical (unpaired) electrons. The minimum atomic E-state index is -0.672. The first-order chi connectivity index (χ1) is 15.8. The summed E-state index contributed by atoms with van der Waals surface area (Å²) >= 11 is 8.24. The highest BCUT2D eigenvalue weighted by Gasteiger charge is 2.33. The van der Waals surface area contributed by atoms with E-state index in [-0.39, 0.29) is 12.2 Å². The summed E-state index contributed by atoms with van der Waals surface area (Å²) in [5, 5.41) is 0. The van der Waals surface area contributed by atoms with Crippen molar-refractivity contribution in [1.82, 2.24) is 4.57 Å². The summed E-state index contributed by atoms with van der Waals surface area (Å²) < 4.78 is 14.5. The Hall–Kier alpha value is -2.49. The number of carbonyl (C=O) groups excluding carboxylic acids is 1. The number of methoxy groups -OCH3 is 1. The monoisotopic (exact) mass is 590 g/mol. The average molecular weight is 592 g/mol. The van der Waals surface area contributed by atoms with Crippen molar-refractivity contribution >= 4 is 55.2 Å². The quantitative estimate of drug-likeness (QED) is 0.414. The Labute approximate surface area is 211 Å². The Bertz CT molecular complexity index is 1440. The van der Waals surface area contributed by atoms with Crippen LogP contribution in [-0.4, -0.2) is 24.3 Å². The van der Waals surface area contributed by atoms with E-state index in [9.17, 15) is 9.59 Å². The summed E-state index contributed by atoms with van der Waals surface area (Å²) in [6.07, 6.45) is 1.83. The SMILES string of the molecule is CCOC(=O)C1=C(C)N=c2s/c(=C/c3ccc(Br)cc3)c(=O)n2[C@H]1c1ccc(OC)c(Br)c1. The van der Waals surface area contributed by atoms with Gasteiger partial charge >= 0.3 is 5.97 Å². The van der Waals surface area contributed by atoms with E-state index in [1.165, 1.54) is 11.3 Å². The third-order valence-electron chi connectivity index (χ3n) is 5.18. The lowest BCUT2D eigenvalue weighted by atomic mass is 9.96. The number of hydrogen-bond acceptors (Lipinski definition) is 6. The van der Waals surface area contributed by atoms with E-state index < -0.39 is 12.0 Å². The van der Waals surface area contributed by atoms with Crippen molar-refractivity contribution in [3.63, 3.8) is 0 Å². The second kappa shape index (κ2) is 9.79. The van der Waals surface area contributed by atoms with Crippen molar-refractivity contribution in [2.24, 2.45) is 4.99 Å². The van der Waals surface area contributed by atoms with Crippen molar-refractivity contribution in [3.05, 3.63) is 93.5 Å². The van der Waals surface area contributed by atoms with Crippen molar-refractivity contribution in [3.8, 4) is 5.75 Å². The number of halogens is 2. The summed E-state index contributed by atoms with van der Waals surface area (Å²) in [4.78, 5) is 31.7. The predicted molar refractivity (Wildman–Crippen MR) is 135 cm³/mol. The van der Waals surface area contributed by atoms with Gasteiger partial charge in [-0.05, 0) is 71.2 Å². The van der Waals surface area contributed by atoms with E-state index in [1.807, 2.05) is 42.5 Å². The molecule has 170 valence electrons. The molecule has 0 unspecified atom stereocenters. The molecule has 1 aliphatic heterocycles. The number of aromatic nitrogens is 1. The topological polar surface area (TPSA) is 69.9 Å². The van der Waals surface area contributed by atoms with Crippen LogP contribution in [0.4, 0.5) is 0 Å². The maximum absolute atomic E-state index is 13.6. The second-order valence-electron chi connectivity index (χ2n) is 7.25. The van der Waals surface area contributed by atoms with Gasteiger partial charge in [-0.1, -0.05) is 45.5 Å². The Kier molecular flexibility index (Phi) is 7.02. The Morgan fingerprint density at radius 1 is 1.21 bits per heavy atom. The fourth-order valence-electron chi connectivity index (χ4n) is 3.67. The van der Waals surface area contributed by atoms with Crippen LogP contribution in [0.5, 0.6) is 5.75 Å². The number of benzene rings is 2. The number of fused-ring (bicyclic) bond motifs is 1. The number of carbonyl (C=O) groups is 1. The van der Waals surface area contributed by atoms with Crippen molar-refractivity contribution in [2.45, 2.75) is 19.9 Å². The van der Waals surface area contributed by atoms with Crippen LogP contribution in [0, 0.1) is 0 Å². The van der Waals surface area contributed by atoms with E-state index >= 15 is 0 Å². The van der Waals surface area contributed by atoms with Gasteiger partial charge in [0.2, 0.25) is 0 Å². The van der Waals surface area contributed by atoms with Crippen LogP contribution in [-0.2, 0) is 9.53 Å². The molecule has 0 fully saturated rings. The molecule has 0 aliphatic carbocycles. The van der Waals surface area contributed by atoms with Crippen molar-refractivity contribution < 1.29 is 14.3 Å². The van der Waals surface area contributed by atoms with E-state index in [2.05, 4.69) is 36.9 Å². The van der Waals surface area contributed by atoms with Gasteiger partial charge in [-0.15, -0.1) is 0 Å². The highest BCUT2D eigenvalue weighted by Crippen LogP contribution is 2.34. The van der Waals surface area contributed by atoms with Gasteiger partial charge in [0.25, 0.3) is 5.56 Å². The molecule has 0 spiro atoms. The zero-order chi connectivity index (χ0) is 23.7. The van der Waals surface area contributed by atoms with Gasteiger partial charge in [0.1, 0.15) is 5.75 Å². The largest absolute Gasteiger partial charge is 0.496 e. The van der Waals surface area contributed by atoms with Gasteiger partial charge < -0.3 is 9.47 Å². The molecule has 0 saturated heterocycles. The van der Waals surface area contributed by atoms with Crippen LogP contribution in [0.15, 0.2) is 72.5 Å². The first-order valence-electron chi connectivity index (χ1n) is 10.1. The van der Waals surface area contributed by atoms with Gasteiger partial charge in [0, 0.05) is 4.47 Å².